The van der Waals surface area contributed by atoms with Gasteiger partial charge in [0, 0.05) is 26.3 Å². The number of amides is 2. The number of hydrogen-bond donors (Lipinski definition) is 1. The summed E-state index contributed by atoms with van der Waals surface area (Å²) >= 11 is 0. The van der Waals surface area contributed by atoms with Crippen molar-refractivity contribution in [2.24, 2.45) is 5.18 Å². The summed E-state index contributed by atoms with van der Waals surface area (Å²) in [6, 6.07) is 1.63. The van der Waals surface area contributed by atoms with Gasteiger partial charge in [-0.15, -0.1) is 4.91 Å². The predicted octanol–water partition coefficient (Wildman–Crippen LogP) is 0.479. The summed E-state index contributed by atoms with van der Waals surface area (Å²) in [6.45, 7) is 0.0196. The number of carbonyl (C=O) groups excluding carboxylic acids is 2. The predicted molar refractivity (Wildman–Crippen MR) is 83.7 cm³/mol. The van der Waals surface area contributed by atoms with Crippen LogP contribution in [0.4, 0.5) is 10.1 Å². The molecule has 0 saturated carbocycles. The molecular weight excluding hydrogens is 337 g/mol. The zero-order chi connectivity index (χ0) is 18.7. The van der Waals surface area contributed by atoms with E-state index in [1.54, 1.807) is 0 Å². The molecule has 0 bridgehead atoms. The maximum absolute atomic E-state index is 13.9. The standard InChI is InChI=1S/C15H16FN3O6/c1-18(2)13(20)9-7-8(3-4-10(9)16)19-5-6-25-12(14(19)21)11(17-24)15(22)23/h3-4,7,11-12H,5-6H2,1-2H3,(H,22,23). The summed E-state index contributed by atoms with van der Waals surface area (Å²) in [7, 11) is 2.91. The lowest BCUT2D eigenvalue weighted by atomic mass is 10.1. The molecule has 0 aromatic heterocycles. The second-order valence-corrected chi connectivity index (χ2v) is 5.53. The molecular formula is C15H16FN3O6. The molecule has 1 heterocycles. The lowest BCUT2D eigenvalue weighted by molar-refractivity contribution is -0.149. The Morgan fingerprint density at radius 1 is 1.44 bits per heavy atom. The zero-order valence-corrected chi connectivity index (χ0v) is 13.5. The number of rotatable bonds is 5. The quantitative estimate of drug-likeness (QED) is 0.770. The van der Waals surface area contributed by atoms with Crippen LogP contribution in [0.25, 0.3) is 0 Å². The van der Waals surface area contributed by atoms with E-state index in [0.29, 0.717) is 0 Å². The van der Waals surface area contributed by atoms with Crippen molar-refractivity contribution in [3.63, 3.8) is 0 Å². The van der Waals surface area contributed by atoms with Crippen molar-refractivity contribution in [2.75, 3.05) is 32.1 Å². The molecule has 25 heavy (non-hydrogen) atoms. The molecule has 1 aliphatic heterocycles. The van der Waals surface area contributed by atoms with E-state index in [9.17, 15) is 23.7 Å². The molecule has 1 saturated heterocycles. The van der Waals surface area contributed by atoms with E-state index >= 15 is 0 Å². The smallest absolute Gasteiger partial charge is 0.335 e. The molecule has 1 N–H and O–H groups in total. The highest BCUT2D eigenvalue weighted by molar-refractivity contribution is 6.02. The van der Waals surface area contributed by atoms with Crippen LogP contribution in [0.15, 0.2) is 23.4 Å². The number of nitroso groups, excluding NO2 is 1. The van der Waals surface area contributed by atoms with Crippen molar-refractivity contribution >= 4 is 23.5 Å². The van der Waals surface area contributed by atoms with Gasteiger partial charge in [0.05, 0.1) is 12.2 Å². The summed E-state index contributed by atoms with van der Waals surface area (Å²) in [5, 5.41) is 11.4. The van der Waals surface area contributed by atoms with Crippen LogP contribution < -0.4 is 4.90 Å². The van der Waals surface area contributed by atoms with Crippen LogP contribution in [0.5, 0.6) is 0 Å². The lowest BCUT2D eigenvalue weighted by Gasteiger charge is -2.33. The first-order chi connectivity index (χ1) is 11.8. The third-order valence-corrected chi connectivity index (χ3v) is 3.67. The van der Waals surface area contributed by atoms with Gasteiger partial charge in [0.1, 0.15) is 5.82 Å². The van der Waals surface area contributed by atoms with Crippen molar-refractivity contribution in [3.8, 4) is 0 Å². The van der Waals surface area contributed by atoms with Gasteiger partial charge in [0.15, 0.2) is 6.10 Å². The Kier molecular flexibility index (Phi) is 5.42. The third kappa shape index (κ3) is 3.63. The topological polar surface area (TPSA) is 117 Å². The number of benzene rings is 1. The van der Waals surface area contributed by atoms with Gasteiger partial charge in [-0.25, -0.2) is 9.18 Å². The number of morpholine rings is 1. The average Bonchev–Trinajstić information content (AvgIpc) is 2.56. The zero-order valence-electron chi connectivity index (χ0n) is 13.5. The van der Waals surface area contributed by atoms with E-state index in [1.807, 2.05) is 0 Å². The molecule has 1 aliphatic rings. The Morgan fingerprint density at radius 2 is 2.12 bits per heavy atom. The summed E-state index contributed by atoms with van der Waals surface area (Å²) < 4.78 is 19.0. The maximum Gasteiger partial charge on any atom is 0.335 e. The van der Waals surface area contributed by atoms with Crippen LogP contribution in [0, 0.1) is 10.7 Å². The highest BCUT2D eigenvalue weighted by atomic mass is 19.1. The third-order valence-electron chi connectivity index (χ3n) is 3.67. The minimum absolute atomic E-state index is 0.0377. The normalized spacial score (nSPS) is 18.6. The monoisotopic (exact) mass is 353 g/mol. The number of hydrogen-bond acceptors (Lipinski definition) is 6. The first-order valence-electron chi connectivity index (χ1n) is 7.27. The Morgan fingerprint density at radius 3 is 2.68 bits per heavy atom. The van der Waals surface area contributed by atoms with Crippen LogP contribution in [-0.4, -0.2) is 67.2 Å². The Labute approximate surface area is 141 Å². The first-order valence-corrected chi connectivity index (χ1v) is 7.27. The summed E-state index contributed by atoms with van der Waals surface area (Å²) in [4.78, 5) is 48.6. The van der Waals surface area contributed by atoms with Gasteiger partial charge < -0.3 is 19.6 Å². The molecule has 0 aliphatic carbocycles. The fourth-order valence-corrected chi connectivity index (χ4v) is 2.40. The maximum atomic E-state index is 13.9. The number of carboxylic acids is 1. The van der Waals surface area contributed by atoms with Gasteiger partial charge >= 0.3 is 5.97 Å². The number of nitrogens with zero attached hydrogens (tertiary/aromatic N) is 3. The van der Waals surface area contributed by atoms with Crippen LogP contribution in [0.2, 0.25) is 0 Å². The van der Waals surface area contributed by atoms with Gasteiger partial charge in [0.25, 0.3) is 11.8 Å². The molecule has 2 atom stereocenters. The fourth-order valence-electron chi connectivity index (χ4n) is 2.40. The SMILES string of the molecule is CN(C)C(=O)c1cc(N2CCOC(C(N=O)C(=O)O)C2=O)ccc1F. The van der Waals surface area contributed by atoms with Gasteiger partial charge in [-0.2, -0.15) is 0 Å². The molecule has 1 aromatic rings. The van der Waals surface area contributed by atoms with Gasteiger partial charge in [-0.1, -0.05) is 5.18 Å². The van der Waals surface area contributed by atoms with E-state index in [1.165, 1.54) is 31.1 Å². The first kappa shape index (κ1) is 18.5. The molecule has 134 valence electrons. The molecule has 0 spiro atoms. The van der Waals surface area contributed by atoms with Gasteiger partial charge in [-0.3, -0.25) is 9.59 Å². The van der Waals surface area contributed by atoms with Gasteiger partial charge in [-0.05, 0) is 18.2 Å². The lowest BCUT2D eigenvalue weighted by Crippen LogP contribution is -2.54. The minimum atomic E-state index is -1.89. The highest BCUT2D eigenvalue weighted by Gasteiger charge is 2.41. The summed E-state index contributed by atoms with van der Waals surface area (Å²) in [5.41, 5.74) is -0.0402. The highest BCUT2D eigenvalue weighted by Crippen LogP contribution is 2.24. The Balaban J connectivity index is 2.36. The molecule has 0 radical (unpaired) electrons. The number of ether oxygens (including phenoxy) is 1. The molecule has 10 heteroatoms. The molecule has 1 fully saturated rings. The molecule has 2 amide bonds. The van der Waals surface area contributed by atoms with E-state index in [-0.39, 0.29) is 24.4 Å². The number of carboxylic acid groups (broad SMARTS) is 1. The number of aliphatic carboxylic acids is 1. The van der Waals surface area contributed by atoms with Crippen LogP contribution in [0.3, 0.4) is 0 Å². The van der Waals surface area contributed by atoms with Gasteiger partial charge in [0.2, 0.25) is 6.04 Å². The summed E-state index contributed by atoms with van der Waals surface area (Å²) in [6.07, 6.45) is -1.58. The number of anilines is 1. The molecule has 2 unspecified atom stereocenters. The number of halogens is 1. The van der Waals surface area contributed by atoms with Crippen LogP contribution >= 0.6 is 0 Å². The van der Waals surface area contributed by atoms with Crippen LogP contribution in [0.1, 0.15) is 10.4 Å². The summed E-state index contributed by atoms with van der Waals surface area (Å²) in [5.74, 6) is -3.72. The second-order valence-electron chi connectivity index (χ2n) is 5.53. The Hall–Kier alpha value is -2.88. The average molecular weight is 353 g/mol. The molecule has 9 nitrogen and oxygen atoms in total. The van der Waals surface area contributed by atoms with Crippen molar-refractivity contribution in [2.45, 2.75) is 12.1 Å². The molecule has 1 aromatic carbocycles. The fraction of sp³-hybridized carbons (Fsp3) is 0.400. The van der Waals surface area contributed by atoms with Crippen molar-refractivity contribution in [1.29, 1.82) is 0 Å². The van der Waals surface area contributed by atoms with Crippen molar-refractivity contribution in [1.82, 2.24) is 4.90 Å². The van der Waals surface area contributed by atoms with E-state index in [2.05, 4.69) is 5.18 Å². The van der Waals surface area contributed by atoms with Crippen LogP contribution in [-0.2, 0) is 14.3 Å². The molecule has 2 rings (SSSR count). The van der Waals surface area contributed by atoms with Crippen molar-refractivity contribution in [3.05, 3.63) is 34.5 Å². The van der Waals surface area contributed by atoms with E-state index in [4.69, 9.17) is 9.84 Å². The van der Waals surface area contributed by atoms with Crippen molar-refractivity contribution < 1.29 is 28.6 Å². The van der Waals surface area contributed by atoms with E-state index in [0.717, 1.165) is 11.0 Å². The number of carbonyl (C=O) groups is 3. The largest absolute Gasteiger partial charge is 0.479 e. The Bertz CT molecular complexity index is 723. The van der Waals surface area contributed by atoms with E-state index < -0.39 is 35.7 Å². The second kappa shape index (κ2) is 7.34. The minimum Gasteiger partial charge on any atom is -0.479 e.